The third-order valence-electron chi connectivity index (χ3n) is 2.53. The van der Waals surface area contributed by atoms with Gasteiger partial charge in [-0.3, -0.25) is 0 Å². The van der Waals surface area contributed by atoms with E-state index in [1.165, 1.54) is 12.0 Å². The summed E-state index contributed by atoms with van der Waals surface area (Å²) in [5.41, 5.74) is 2.25. The second kappa shape index (κ2) is 6.08. The Balaban J connectivity index is 3.02. The number of methoxy groups -OCH3 is 1. The fraction of sp³-hybridized carbons (Fsp3) is 0.385. The highest BCUT2D eigenvalue weighted by molar-refractivity contribution is 5.90. The molecule has 6 heteroatoms. The Morgan fingerprint density at radius 1 is 1.16 bits per heavy atom. The monoisotopic (exact) mass is 266 g/mol. The number of hydrogen-bond acceptors (Lipinski definition) is 4. The molecule has 19 heavy (non-hydrogen) atoms. The van der Waals surface area contributed by atoms with Gasteiger partial charge in [-0.1, -0.05) is 6.07 Å². The van der Waals surface area contributed by atoms with Crippen molar-refractivity contribution < 1.29 is 19.1 Å². The number of ether oxygens (including phenoxy) is 2. The van der Waals surface area contributed by atoms with Crippen LogP contribution in [0.15, 0.2) is 12.1 Å². The summed E-state index contributed by atoms with van der Waals surface area (Å²) in [6, 6.07) is 3.17. The van der Waals surface area contributed by atoms with Gasteiger partial charge in [0.1, 0.15) is 5.75 Å². The van der Waals surface area contributed by atoms with Crippen LogP contribution in [0.5, 0.6) is 5.75 Å². The molecule has 0 fully saturated rings. The predicted molar refractivity (Wildman–Crippen MR) is 71.7 cm³/mol. The van der Waals surface area contributed by atoms with Gasteiger partial charge in [-0.05, 0) is 25.0 Å². The number of aryl methyl sites for hydroxylation is 2. The van der Waals surface area contributed by atoms with Gasteiger partial charge in [0.15, 0.2) is 0 Å². The maximum Gasteiger partial charge on any atom is 0.513 e. The van der Waals surface area contributed by atoms with Crippen LogP contribution in [-0.2, 0) is 4.74 Å². The van der Waals surface area contributed by atoms with E-state index in [-0.39, 0.29) is 6.03 Å². The smallest absolute Gasteiger partial charge is 0.437 e. The predicted octanol–water partition coefficient (Wildman–Crippen LogP) is 2.54. The van der Waals surface area contributed by atoms with Crippen LogP contribution in [-0.4, -0.2) is 38.3 Å². The van der Waals surface area contributed by atoms with Gasteiger partial charge in [-0.2, -0.15) is 0 Å². The largest absolute Gasteiger partial charge is 0.513 e. The zero-order valence-electron chi connectivity index (χ0n) is 11.7. The quantitative estimate of drug-likeness (QED) is 0.659. The van der Waals surface area contributed by atoms with Crippen LogP contribution in [0.1, 0.15) is 11.1 Å². The molecule has 0 saturated carbocycles. The number of benzene rings is 1. The van der Waals surface area contributed by atoms with Crippen LogP contribution in [0, 0.1) is 13.8 Å². The van der Waals surface area contributed by atoms with Crippen LogP contribution in [0.25, 0.3) is 0 Å². The lowest BCUT2D eigenvalue weighted by molar-refractivity contribution is 0.121. The van der Waals surface area contributed by atoms with E-state index in [4.69, 9.17) is 4.74 Å². The molecule has 6 nitrogen and oxygen atoms in total. The molecule has 1 rings (SSSR count). The normalized spacial score (nSPS) is 9.74. The first kappa shape index (κ1) is 14.8. The van der Waals surface area contributed by atoms with Crippen LogP contribution >= 0.6 is 0 Å². The van der Waals surface area contributed by atoms with Crippen LogP contribution in [0.4, 0.5) is 15.3 Å². The molecule has 0 aromatic heterocycles. The summed E-state index contributed by atoms with van der Waals surface area (Å²) in [5, 5.41) is 2.72. The summed E-state index contributed by atoms with van der Waals surface area (Å²) in [6.07, 6.45) is -0.795. The molecule has 0 atom stereocenters. The van der Waals surface area contributed by atoms with Gasteiger partial charge in [-0.25, -0.2) is 9.59 Å². The maximum atomic E-state index is 11.6. The first-order valence-electron chi connectivity index (χ1n) is 5.70. The van der Waals surface area contributed by atoms with E-state index in [0.29, 0.717) is 11.4 Å². The van der Waals surface area contributed by atoms with Gasteiger partial charge < -0.3 is 19.7 Å². The number of nitrogens with zero attached hydrogens (tertiary/aromatic N) is 1. The average molecular weight is 266 g/mol. The third kappa shape index (κ3) is 3.87. The number of carbonyl (C=O) groups is 2. The second-order valence-corrected chi connectivity index (χ2v) is 4.31. The van der Waals surface area contributed by atoms with Crippen LogP contribution in [0.2, 0.25) is 0 Å². The summed E-state index contributed by atoms with van der Waals surface area (Å²) in [7, 11) is 4.52. The lowest BCUT2D eigenvalue weighted by Gasteiger charge is -2.15. The Hall–Kier alpha value is -2.24. The number of anilines is 1. The number of amides is 2. The summed E-state index contributed by atoms with van der Waals surface area (Å²) in [6.45, 7) is 3.67. The van der Waals surface area contributed by atoms with Gasteiger partial charge >= 0.3 is 12.2 Å². The topological polar surface area (TPSA) is 67.9 Å². The standard InChI is InChI=1S/C13H18N2O4/c1-8-6-9(2)11(19-13(17)18-5)7-10(8)14-12(16)15(3)4/h6-7H,1-5H3,(H,14,16). The van der Waals surface area contributed by atoms with Crippen molar-refractivity contribution in [3.8, 4) is 5.75 Å². The summed E-state index contributed by atoms with van der Waals surface area (Å²) in [5.74, 6) is 0.353. The van der Waals surface area contributed by atoms with E-state index in [1.807, 2.05) is 19.9 Å². The van der Waals surface area contributed by atoms with Gasteiger partial charge in [0, 0.05) is 25.8 Å². The van der Waals surface area contributed by atoms with Crippen LogP contribution < -0.4 is 10.1 Å². The molecule has 0 aliphatic rings. The number of nitrogens with one attached hydrogen (secondary N) is 1. The van der Waals surface area contributed by atoms with Gasteiger partial charge in [0.2, 0.25) is 0 Å². The van der Waals surface area contributed by atoms with Crippen molar-refractivity contribution in [3.05, 3.63) is 23.3 Å². The van der Waals surface area contributed by atoms with Crippen molar-refractivity contribution >= 4 is 17.9 Å². The Bertz CT molecular complexity index is 498. The van der Waals surface area contributed by atoms with Crippen molar-refractivity contribution in [1.29, 1.82) is 0 Å². The van der Waals surface area contributed by atoms with Crippen molar-refractivity contribution in [3.63, 3.8) is 0 Å². The summed E-state index contributed by atoms with van der Waals surface area (Å²) in [4.78, 5) is 24.2. The summed E-state index contributed by atoms with van der Waals surface area (Å²) < 4.78 is 9.45. The molecule has 0 radical (unpaired) electrons. The molecule has 0 bridgehead atoms. The molecule has 0 heterocycles. The lowest BCUT2D eigenvalue weighted by atomic mass is 10.1. The highest BCUT2D eigenvalue weighted by Gasteiger charge is 2.12. The van der Waals surface area contributed by atoms with Crippen LogP contribution in [0.3, 0.4) is 0 Å². The fourth-order valence-corrected chi connectivity index (χ4v) is 1.44. The first-order valence-corrected chi connectivity index (χ1v) is 5.70. The van der Waals surface area contributed by atoms with Crippen molar-refractivity contribution in [1.82, 2.24) is 4.90 Å². The molecular weight excluding hydrogens is 248 g/mol. The Morgan fingerprint density at radius 3 is 2.32 bits per heavy atom. The fourth-order valence-electron chi connectivity index (χ4n) is 1.44. The minimum absolute atomic E-state index is 0.254. The zero-order chi connectivity index (χ0) is 14.6. The molecule has 1 aromatic rings. The van der Waals surface area contributed by atoms with E-state index in [1.54, 1.807) is 20.2 Å². The number of rotatable bonds is 2. The molecule has 0 aliphatic heterocycles. The molecule has 0 unspecified atom stereocenters. The first-order chi connectivity index (χ1) is 8.85. The average Bonchev–Trinajstić information content (AvgIpc) is 2.34. The zero-order valence-corrected chi connectivity index (χ0v) is 11.7. The number of carbonyl (C=O) groups excluding carboxylic acids is 2. The maximum absolute atomic E-state index is 11.6. The molecule has 104 valence electrons. The van der Waals surface area contributed by atoms with Gasteiger partial charge in [-0.15, -0.1) is 0 Å². The van der Waals surface area contributed by atoms with E-state index >= 15 is 0 Å². The Labute approximate surface area is 112 Å². The number of urea groups is 1. The van der Waals surface area contributed by atoms with Gasteiger partial charge in [0.25, 0.3) is 0 Å². The molecule has 0 saturated heterocycles. The lowest BCUT2D eigenvalue weighted by Crippen LogP contribution is -2.27. The minimum Gasteiger partial charge on any atom is -0.437 e. The van der Waals surface area contributed by atoms with Crippen molar-refractivity contribution in [2.75, 3.05) is 26.5 Å². The molecule has 0 aliphatic carbocycles. The Kier molecular flexibility index (Phi) is 4.74. The van der Waals surface area contributed by atoms with Gasteiger partial charge in [0.05, 0.1) is 7.11 Å². The minimum atomic E-state index is -0.795. The van der Waals surface area contributed by atoms with E-state index in [2.05, 4.69) is 10.1 Å². The Morgan fingerprint density at radius 2 is 1.79 bits per heavy atom. The molecule has 2 amide bonds. The third-order valence-corrected chi connectivity index (χ3v) is 2.53. The molecule has 0 spiro atoms. The van der Waals surface area contributed by atoms with E-state index in [0.717, 1.165) is 11.1 Å². The molecule has 1 N–H and O–H groups in total. The highest BCUT2D eigenvalue weighted by atomic mass is 16.7. The highest BCUT2D eigenvalue weighted by Crippen LogP contribution is 2.27. The molecule has 1 aromatic carbocycles. The SMILES string of the molecule is COC(=O)Oc1cc(NC(=O)N(C)C)c(C)cc1C. The van der Waals surface area contributed by atoms with Crippen molar-refractivity contribution in [2.24, 2.45) is 0 Å². The van der Waals surface area contributed by atoms with E-state index in [9.17, 15) is 9.59 Å². The summed E-state index contributed by atoms with van der Waals surface area (Å²) >= 11 is 0. The number of hydrogen-bond donors (Lipinski definition) is 1. The van der Waals surface area contributed by atoms with Crippen molar-refractivity contribution in [2.45, 2.75) is 13.8 Å². The van der Waals surface area contributed by atoms with E-state index < -0.39 is 6.16 Å². The second-order valence-electron chi connectivity index (χ2n) is 4.31. The molecular formula is C13H18N2O4.